The van der Waals surface area contributed by atoms with Crippen LogP contribution in [-0.4, -0.2) is 55.9 Å². The molecule has 50 heavy (non-hydrogen) atoms. The van der Waals surface area contributed by atoms with Gasteiger partial charge in [-0.3, -0.25) is 0 Å². The number of aliphatic hydroxyl groups is 1. The van der Waals surface area contributed by atoms with E-state index in [1.807, 2.05) is 13.8 Å². The van der Waals surface area contributed by atoms with Crippen LogP contribution in [0.2, 0.25) is 0 Å². The maximum atomic E-state index is 12.6. The molecule has 7 nitrogen and oxygen atoms in total. The molecule has 2 atom stereocenters. The monoisotopic (exact) mass is 696 g/mol. The summed E-state index contributed by atoms with van der Waals surface area (Å²) in [5, 5.41) is 10.8. The predicted molar refractivity (Wildman–Crippen MR) is 201 cm³/mol. The quantitative estimate of drug-likeness (QED) is 0.0559. The van der Waals surface area contributed by atoms with Crippen LogP contribution in [0.3, 0.4) is 0 Å². The number of rotatable bonds is 22. The van der Waals surface area contributed by atoms with Crippen LogP contribution in [0, 0.1) is 23.7 Å². The SMILES string of the molecule is C=C(C)C(=O)OCC(CCc1ccc(C2CCC(CCC3CCC(CCCCC)CC3)CC2)cc1)(COC(=O)C(=C)COC)OC(O)C(C)C. The molecule has 1 aromatic rings. The fraction of sp³-hybridized carbons (Fsp3) is 0.721. The van der Waals surface area contributed by atoms with Crippen LogP contribution in [0.4, 0.5) is 0 Å². The van der Waals surface area contributed by atoms with E-state index in [0.29, 0.717) is 18.8 Å². The molecule has 2 aliphatic carbocycles. The number of ether oxygens (including phenoxy) is 4. The Morgan fingerprint density at radius 2 is 1.38 bits per heavy atom. The molecular weight excluding hydrogens is 628 g/mol. The van der Waals surface area contributed by atoms with Crippen LogP contribution in [-0.2, 0) is 35.0 Å². The number of carbonyl (C=O) groups excluding carboxylic acids is 2. The minimum Gasteiger partial charge on any atom is -0.459 e. The van der Waals surface area contributed by atoms with E-state index in [2.05, 4.69) is 44.3 Å². The van der Waals surface area contributed by atoms with E-state index in [1.165, 1.54) is 103 Å². The molecule has 2 saturated carbocycles. The van der Waals surface area contributed by atoms with Gasteiger partial charge in [-0.2, -0.15) is 0 Å². The van der Waals surface area contributed by atoms with Crippen molar-refractivity contribution in [3.8, 4) is 0 Å². The number of methoxy groups -OCH3 is 1. The lowest BCUT2D eigenvalue weighted by atomic mass is 9.74. The molecule has 1 N–H and O–H groups in total. The van der Waals surface area contributed by atoms with Gasteiger partial charge in [-0.25, -0.2) is 9.59 Å². The number of carbonyl (C=O) groups is 2. The zero-order chi connectivity index (χ0) is 36.5. The van der Waals surface area contributed by atoms with Gasteiger partial charge < -0.3 is 24.1 Å². The predicted octanol–water partition coefficient (Wildman–Crippen LogP) is 9.65. The maximum Gasteiger partial charge on any atom is 0.335 e. The third-order valence-corrected chi connectivity index (χ3v) is 11.2. The Bertz CT molecular complexity index is 1170. The minimum absolute atomic E-state index is 0.0279. The summed E-state index contributed by atoms with van der Waals surface area (Å²) in [6, 6.07) is 8.83. The molecule has 0 heterocycles. The second kappa shape index (κ2) is 21.8. The average Bonchev–Trinajstić information content (AvgIpc) is 3.12. The van der Waals surface area contributed by atoms with Crippen molar-refractivity contribution in [3.05, 3.63) is 59.7 Å². The van der Waals surface area contributed by atoms with Crippen molar-refractivity contribution in [2.45, 2.75) is 148 Å². The molecule has 0 bridgehead atoms. The number of aryl methyl sites for hydroxylation is 1. The summed E-state index contributed by atoms with van der Waals surface area (Å²) in [5.74, 6) is 1.98. The van der Waals surface area contributed by atoms with Crippen molar-refractivity contribution in [2.24, 2.45) is 23.7 Å². The van der Waals surface area contributed by atoms with Crippen molar-refractivity contribution >= 4 is 11.9 Å². The molecule has 0 saturated heterocycles. The highest BCUT2D eigenvalue weighted by atomic mass is 16.7. The van der Waals surface area contributed by atoms with Crippen LogP contribution in [0.5, 0.6) is 0 Å². The van der Waals surface area contributed by atoms with Crippen molar-refractivity contribution in [1.82, 2.24) is 0 Å². The van der Waals surface area contributed by atoms with E-state index in [1.54, 1.807) is 6.92 Å². The first-order valence-electron chi connectivity index (χ1n) is 19.6. The summed E-state index contributed by atoms with van der Waals surface area (Å²) in [4.78, 5) is 25.0. The van der Waals surface area contributed by atoms with Gasteiger partial charge >= 0.3 is 11.9 Å². The van der Waals surface area contributed by atoms with Crippen molar-refractivity contribution in [3.63, 3.8) is 0 Å². The van der Waals surface area contributed by atoms with Crippen molar-refractivity contribution < 1.29 is 33.6 Å². The van der Waals surface area contributed by atoms with E-state index in [4.69, 9.17) is 18.9 Å². The first-order valence-corrected chi connectivity index (χ1v) is 19.6. The van der Waals surface area contributed by atoms with Gasteiger partial charge in [0.15, 0.2) is 6.29 Å². The number of benzene rings is 1. The highest BCUT2D eigenvalue weighted by Crippen LogP contribution is 2.40. The molecule has 2 unspecified atom stereocenters. The smallest absolute Gasteiger partial charge is 0.335 e. The van der Waals surface area contributed by atoms with Gasteiger partial charge in [0.1, 0.15) is 18.8 Å². The van der Waals surface area contributed by atoms with Crippen molar-refractivity contribution in [2.75, 3.05) is 26.9 Å². The molecule has 0 amide bonds. The zero-order valence-corrected chi connectivity index (χ0v) is 32.0. The van der Waals surface area contributed by atoms with Gasteiger partial charge in [-0.05, 0) is 80.2 Å². The molecule has 1 aromatic carbocycles. The number of unbranched alkanes of at least 4 members (excludes halogenated alkanes) is 2. The second-order valence-corrected chi connectivity index (χ2v) is 15.8. The third-order valence-electron chi connectivity index (χ3n) is 11.2. The Morgan fingerprint density at radius 3 is 1.90 bits per heavy atom. The van der Waals surface area contributed by atoms with Gasteiger partial charge in [0, 0.05) is 18.6 Å². The summed E-state index contributed by atoms with van der Waals surface area (Å²) in [6.45, 7) is 14.5. The Morgan fingerprint density at radius 1 is 0.840 bits per heavy atom. The summed E-state index contributed by atoms with van der Waals surface area (Å²) in [5.41, 5.74) is 1.60. The van der Waals surface area contributed by atoms with Gasteiger partial charge in [0.05, 0.1) is 12.2 Å². The third kappa shape index (κ3) is 14.3. The summed E-state index contributed by atoms with van der Waals surface area (Å²) in [7, 11) is 1.47. The second-order valence-electron chi connectivity index (χ2n) is 15.8. The number of esters is 2. The van der Waals surface area contributed by atoms with E-state index in [0.717, 1.165) is 23.3 Å². The van der Waals surface area contributed by atoms with E-state index in [-0.39, 0.29) is 36.9 Å². The molecule has 0 radical (unpaired) electrons. The first kappa shape index (κ1) is 41.9. The standard InChI is InChI=1S/C43H68O7/c1-8-9-10-11-34-12-14-35(15-13-34)16-17-36-18-22-38(23-19-36)39-24-20-37(21-25-39)26-27-43(50-41(45)32(4)5,29-48-40(44)31(2)3)30-49-42(46)33(6)28-47-7/h20-21,24-25,32,34-36,38,41,45H,2,6,8-19,22-23,26-30H2,1,3-5,7H3. The fourth-order valence-electron chi connectivity index (χ4n) is 7.63. The van der Waals surface area contributed by atoms with Crippen LogP contribution in [0.15, 0.2) is 48.6 Å². The lowest BCUT2D eigenvalue weighted by Gasteiger charge is -2.36. The van der Waals surface area contributed by atoms with Gasteiger partial charge in [0.2, 0.25) is 0 Å². The number of hydrogen-bond donors (Lipinski definition) is 1. The Kier molecular flexibility index (Phi) is 18.3. The molecule has 7 heteroatoms. The Balaban J connectivity index is 1.55. The number of hydrogen-bond acceptors (Lipinski definition) is 7. The molecule has 0 aliphatic heterocycles. The first-order chi connectivity index (χ1) is 23.9. The molecule has 3 rings (SSSR count). The lowest BCUT2D eigenvalue weighted by molar-refractivity contribution is -0.236. The van der Waals surface area contributed by atoms with Crippen LogP contribution >= 0.6 is 0 Å². The van der Waals surface area contributed by atoms with E-state index in [9.17, 15) is 14.7 Å². The molecule has 2 fully saturated rings. The molecule has 0 aromatic heterocycles. The topological polar surface area (TPSA) is 91.3 Å². The molecule has 2 aliphatic rings. The largest absolute Gasteiger partial charge is 0.459 e. The highest BCUT2D eigenvalue weighted by Gasteiger charge is 2.38. The molecule has 0 spiro atoms. The van der Waals surface area contributed by atoms with E-state index >= 15 is 0 Å². The van der Waals surface area contributed by atoms with Gasteiger partial charge in [0.25, 0.3) is 0 Å². The highest BCUT2D eigenvalue weighted by molar-refractivity contribution is 5.88. The summed E-state index contributed by atoms with van der Waals surface area (Å²) >= 11 is 0. The number of aliphatic hydroxyl groups excluding tert-OH is 1. The molecule has 282 valence electrons. The van der Waals surface area contributed by atoms with Crippen LogP contribution < -0.4 is 0 Å². The minimum atomic E-state index is -1.29. The van der Waals surface area contributed by atoms with E-state index < -0.39 is 23.8 Å². The fourth-order valence-corrected chi connectivity index (χ4v) is 7.63. The lowest BCUT2D eigenvalue weighted by Crippen LogP contribution is -2.48. The van der Waals surface area contributed by atoms with Crippen molar-refractivity contribution in [1.29, 1.82) is 0 Å². The Hall–Kier alpha value is -2.48. The van der Waals surface area contributed by atoms with Gasteiger partial charge in [-0.15, -0.1) is 0 Å². The Labute approximate surface area is 303 Å². The zero-order valence-electron chi connectivity index (χ0n) is 32.0. The summed E-state index contributed by atoms with van der Waals surface area (Å²) in [6.07, 6.45) is 19.2. The molecular formula is C43H68O7. The average molecular weight is 697 g/mol. The summed E-state index contributed by atoms with van der Waals surface area (Å²) < 4.78 is 22.3. The maximum absolute atomic E-state index is 12.6. The normalized spacial score (nSPS) is 22.8. The van der Waals surface area contributed by atoms with Crippen LogP contribution in [0.1, 0.15) is 141 Å². The van der Waals surface area contributed by atoms with Gasteiger partial charge in [-0.1, -0.05) is 122 Å². The van der Waals surface area contributed by atoms with Crippen LogP contribution in [0.25, 0.3) is 0 Å².